The van der Waals surface area contributed by atoms with Crippen LogP contribution < -0.4 is 15.1 Å². The fourth-order valence-corrected chi connectivity index (χ4v) is 5.38. The van der Waals surface area contributed by atoms with Crippen LogP contribution in [0.4, 0.5) is 29.1 Å². The molecule has 2 fully saturated rings. The molecule has 0 radical (unpaired) electrons. The Bertz CT molecular complexity index is 1600. The normalized spacial score (nSPS) is 18.6. The van der Waals surface area contributed by atoms with E-state index in [1.54, 1.807) is 25.1 Å². The van der Waals surface area contributed by atoms with Crippen molar-refractivity contribution in [1.82, 2.24) is 10.3 Å². The molecule has 12 heteroatoms. The predicted octanol–water partition coefficient (Wildman–Crippen LogP) is 4.72. The molecule has 0 unspecified atom stereocenters. The third kappa shape index (κ3) is 5.54. The van der Waals surface area contributed by atoms with Crippen LogP contribution in [0.15, 0.2) is 60.8 Å². The van der Waals surface area contributed by atoms with Gasteiger partial charge in [0.2, 0.25) is 11.8 Å². The first-order chi connectivity index (χ1) is 20.0. The minimum atomic E-state index is -2.95. The molecule has 2 aromatic carbocycles. The summed E-state index contributed by atoms with van der Waals surface area (Å²) in [5.74, 6) is -7.15. The number of carbonyl (C=O) groups excluding carboxylic acids is 3. The Morgan fingerprint density at radius 1 is 1.14 bits per heavy atom. The van der Waals surface area contributed by atoms with E-state index in [0.717, 1.165) is 28.0 Å². The number of aromatic nitrogens is 1. The second-order valence-electron chi connectivity index (χ2n) is 10.4. The SMILES string of the molecule is Cc1ccccc1[C@@H](C(=O)NC1CC(F)(F)C1)N(C(=O)[C@@H]1CCC(=O)N1c1cc(C#N)ccn1)c1cc(F)ccc1F. The summed E-state index contributed by atoms with van der Waals surface area (Å²) in [7, 11) is 0. The minimum Gasteiger partial charge on any atom is -0.351 e. The number of halogens is 4. The molecule has 3 aromatic rings. The standard InChI is InChI=1S/C30H25F4N5O3/c1-17-4-2-3-5-21(17)27(28(41)37-20-14-30(33,34)15-20)39(24-13-19(31)6-7-22(24)32)29(42)23-8-9-26(40)38(23)25-12-18(16-35)10-11-36-25/h2-7,10-13,20,23,27H,8-9,14-15H2,1H3,(H,37,41)/t23-,27-/m0/s1. The van der Waals surface area contributed by atoms with Gasteiger partial charge in [0.05, 0.1) is 17.3 Å². The number of nitrogens with zero attached hydrogens (tertiary/aromatic N) is 4. The zero-order chi connectivity index (χ0) is 30.2. The molecule has 2 atom stereocenters. The molecule has 5 rings (SSSR count). The molecule has 2 aliphatic rings. The highest BCUT2D eigenvalue weighted by Gasteiger charge is 2.49. The summed E-state index contributed by atoms with van der Waals surface area (Å²) in [4.78, 5) is 47.3. The van der Waals surface area contributed by atoms with Gasteiger partial charge in [-0.2, -0.15) is 5.26 Å². The van der Waals surface area contributed by atoms with Crippen LogP contribution in [-0.2, 0) is 14.4 Å². The molecule has 216 valence electrons. The second-order valence-corrected chi connectivity index (χ2v) is 10.4. The number of pyridine rings is 1. The van der Waals surface area contributed by atoms with E-state index in [0.29, 0.717) is 5.56 Å². The van der Waals surface area contributed by atoms with Crippen LogP contribution in [0.1, 0.15) is 48.4 Å². The lowest BCUT2D eigenvalue weighted by Crippen LogP contribution is -2.56. The Hall–Kier alpha value is -4.79. The van der Waals surface area contributed by atoms with E-state index in [4.69, 9.17) is 0 Å². The van der Waals surface area contributed by atoms with E-state index in [1.807, 2.05) is 6.07 Å². The van der Waals surface area contributed by atoms with Crippen LogP contribution in [-0.4, -0.2) is 40.7 Å². The predicted molar refractivity (Wildman–Crippen MR) is 143 cm³/mol. The molecule has 1 aromatic heterocycles. The zero-order valence-corrected chi connectivity index (χ0v) is 22.4. The van der Waals surface area contributed by atoms with Gasteiger partial charge in [0, 0.05) is 37.6 Å². The van der Waals surface area contributed by atoms with Gasteiger partial charge < -0.3 is 5.32 Å². The molecule has 3 amide bonds. The number of nitrogens with one attached hydrogen (secondary N) is 1. The van der Waals surface area contributed by atoms with Crippen molar-refractivity contribution < 1.29 is 31.9 Å². The number of aryl methyl sites for hydroxylation is 1. The summed E-state index contributed by atoms with van der Waals surface area (Å²) < 4.78 is 57.2. The Kier molecular flexibility index (Phi) is 7.69. The van der Waals surface area contributed by atoms with E-state index in [1.165, 1.54) is 24.4 Å². The minimum absolute atomic E-state index is 0.00292. The maximum absolute atomic E-state index is 15.4. The number of amides is 3. The molecule has 1 aliphatic carbocycles. The number of rotatable bonds is 7. The quantitative estimate of drug-likeness (QED) is 0.408. The van der Waals surface area contributed by atoms with E-state index < -0.39 is 71.9 Å². The van der Waals surface area contributed by atoms with Crippen molar-refractivity contribution in [2.75, 3.05) is 9.80 Å². The van der Waals surface area contributed by atoms with Gasteiger partial charge >= 0.3 is 0 Å². The molecule has 0 bridgehead atoms. The van der Waals surface area contributed by atoms with E-state index in [-0.39, 0.29) is 29.8 Å². The maximum Gasteiger partial charge on any atom is 0.252 e. The third-order valence-corrected chi connectivity index (χ3v) is 7.45. The molecule has 8 nitrogen and oxygen atoms in total. The monoisotopic (exact) mass is 579 g/mol. The maximum atomic E-state index is 15.4. The average molecular weight is 580 g/mol. The number of nitriles is 1. The van der Waals surface area contributed by atoms with Gasteiger partial charge in [-0.05, 0) is 48.7 Å². The van der Waals surface area contributed by atoms with Gasteiger partial charge in [0.15, 0.2) is 0 Å². The van der Waals surface area contributed by atoms with Gasteiger partial charge in [-0.3, -0.25) is 24.2 Å². The third-order valence-electron chi connectivity index (χ3n) is 7.45. The van der Waals surface area contributed by atoms with Crippen molar-refractivity contribution in [3.8, 4) is 6.07 Å². The number of anilines is 2. The first-order valence-corrected chi connectivity index (χ1v) is 13.2. The molecule has 1 saturated carbocycles. The number of hydrogen-bond acceptors (Lipinski definition) is 5. The van der Waals surface area contributed by atoms with Crippen LogP contribution in [0.5, 0.6) is 0 Å². The van der Waals surface area contributed by atoms with Crippen molar-refractivity contribution >= 4 is 29.2 Å². The number of hydrogen-bond donors (Lipinski definition) is 1. The van der Waals surface area contributed by atoms with Crippen molar-refractivity contribution in [2.45, 2.75) is 56.7 Å². The van der Waals surface area contributed by atoms with Crippen molar-refractivity contribution in [3.05, 3.63) is 89.1 Å². The number of carbonyl (C=O) groups is 3. The van der Waals surface area contributed by atoms with Crippen molar-refractivity contribution in [1.29, 1.82) is 5.26 Å². The van der Waals surface area contributed by atoms with Gasteiger partial charge in [-0.15, -0.1) is 0 Å². The lowest BCUT2D eigenvalue weighted by atomic mass is 9.87. The molecular weight excluding hydrogens is 554 g/mol. The fraction of sp³-hybridized carbons (Fsp3) is 0.300. The van der Waals surface area contributed by atoms with Gasteiger partial charge in [0.1, 0.15) is 29.5 Å². The topological polar surface area (TPSA) is 106 Å². The first-order valence-electron chi connectivity index (χ1n) is 13.2. The highest BCUT2D eigenvalue weighted by atomic mass is 19.3. The Morgan fingerprint density at radius 3 is 2.57 bits per heavy atom. The lowest BCUT2D eigenvalue weighted by Gasteiger charge is -2.39. The van der Waals surface area contributed by atoms with Gasteiger partial charge in [-0.1, -0.05) is 24.3 Å². The summed E-state index contributed by atoms with van der Waals surface area (Å²) in [6, 6.07) is 9.74. The van der Waals surface area contributed by atoms with Gasteiger partial charge in [0.25, 0.3) is 11.8 Å². The number of benzene rings is 2. The summed E-state index contributed by atoms with van der Waals surface area (Å²) in [6.45, 7) is 1.65. The van der Waals surface area contributed by atoms with Crippen LogP contribution in [0.25, 0.3) is 0 Å². The van der Waals surface area contributed by atoms with Crippen molar-refractivity contribution in [3.63, 3.8) is 0 Å². The van der Waals surface area contributed by atoms with E-state index >= 15 is 4.39 Å². The molecule has 1 N–H and O–H groups in total. The highest BCUT2D eigenvalue weighted by Crippen LogP contribution is 2.39. The molecular formula is C30H25F4N5O3. The smallest absolute Gasteiger partial charge is 0.252 e. The van der Waals surface area contributed by atoms with Crippen LogP contribution in [0.3, 0.4) is 0 Å². The second kappa shape index (κ2) is 11.2. The molecule has 42 heavy (non-hydrogen) atoms. The fourth-order valence-electron chi connectivity index (χ4n) is 5.38. The molecule has 1 saturated heterocycles. The lowest BCUT2D eigenvalue weighted by molar-refractivity contribution is -0.133. The number of alkyl halides is 2. The van der Waals surface area contributed by atoms with Gasteiger partial charge in [-0.25, -0.2) is 22.5 Å². The van der Waals surface area contributed by atoms with E-state index in [2.05, 4.69) is 10.3 Å². The first kappa shape index (κ1) is 28.7. The van der Waals surface area contributed by atoms with Crippen LogP contribution in [0, 0.1) is 29.9 Å². The Balaban J connectivity index is 1.64. The highest BCUT2D eigenvalue weighted by molar-refractivity contribution is 6.10. The summed E-state index contributed by atoms with van der Waals surface area (Å²) >= 11 is 0. The molecule has 1 aliphatic heterocycles. The zero-order valence-electron chi connectivity index (χ0n) is 22.4. The van der Waals surface area contributed by atoms with Crippen LogP contribution in [0.2, 0.25) is 0 Å². The Morgan fingerprint density at radius 2 is 1.88 bits per heavy atom. The molecule has 2 heterocycles. The summed E-state index contributed by atoms with van der Waals surface area (Å²) in [5, 5.41) is 11.9. The largest absolute Gasteiger partial charge is 0.351 e. The summed E-state index contributed by atoms with van der Waals surface area (Å²) in [6.07, 6.45) is -0.0448. The average Bonchev–Trinajstić information content (AvgIpc) is 3.33. The van der Waals surface area contributed by atoms with E-state index in [9.17, 15) is 32.8 Å². The van der Waals surface area contributed by atoms with Crippen LogP contribution >= 0.6 is 0 Å². The Labute approximate surface area is 238 Å². The van der Waals surface area contributed by atoms with Crippen molar-refractivity contribution in [2.24, 2.45) is 0 Å². The summed E-state index contributed by atoms with van der Waals surface area (Å²) in [5.41, 5.74) is 0.376. The molecule has 0 spiro atoms.